The largest absolute Gasteiger partial charge is 0.496 e. The van der Waals surface area contributed by atoms with Crippen molar-refractivity contribution in [3.05, 3.63) is 78.4 Å². The van der Waals surface area contributed by atoms with Gasteiger partial charge in [-0.25, -0.2) is 9.37 Å². The summed E-state index contributed by atoms with van der Waals surface area (Å²) in [5.74, 6) is 1.19. The van der Waals surface area contributed by atoms with Gasteiger partial charge in [0, 0.05) is 102 Å². The highest BCUT2D eigenvalue weighted by Crippen LogP contribution is 2.41. The van der Waals surface area contributed by atoms with Crippen LogP contribution in [0.25, 0.3) is 22.0 Å². The van der Waals surface area contributed by atoms with Crippen molar-refractivity contribution in [2.24, 2.45) is 0 Å². The molecule has 1 atom stereocenters. The SMILES string of the molecule is COc1ccncc1-c1cc(C2CCCN(C(=O)CCN3C=CNN3)C2)c(F)c2[nH]c(C(=O)N3CCN(c4ncccc4OC)CC3)cc12.[HH]. The van der Waals surface area contributed by atoms with E-state index in [4.69, 9.17) is 9.47 Å². The number of hydrogen-bond acceptors (Lipinski definition) is 10. The first-order chi connectivity index (χ1) is 23.9. The van der Waals surface area contributed by atoms with E-state index in [2.05, 4.69) is 30.8 Å². The molecule has 0 saturated carbocycles. The van der Waals surface area contributed by atoms with Crippen molar-refractivity contribution < 1.29 is 24.9 Å². The first kappa shape index (κ1) is 32.2. The molecule has 0 aliphatic carbocycles. The molecule has 3 aromatic heterocycles. The van der Waals surface area contributed by atoms with Crippen molar-refractivity contribution in [2.45, 2.75) is 25.2 Å². The Balaban J connectivity index is 0.00000432. The van der Waals surface area contributed by atoms with Gasteiger partial charge in [-0.3, -0.25) is 19.6 Å². The second-order valence-corrected chi connectivity index (χ2v) is 12.4. The van der Waals surface area contributed by atoms with Crippen LogP contribution in [-0.4, -0.2) is 102 Å². The average Bonchev–Trinajstić information content (AvgIpc) is 3.85. The van der Waals surface area contributed by atoms with E-state index in [9.17, 15) is 9.59 Å². The van der Waals surface area contributed by atoms with Gasteiger partial charge in [-0.15, -0.1) is 5.53 Å². The van der Waals surface area contributed by atoms with Crippen LogP contribution < -0.4 is 25.3 Å². The number of hydrogen-bond donors (Lipinski definition) is 3. The number of methoxy groups -OCH3 is 2. The van der Waals surface area contributed by atoms with E-state index in [-0.39, 0.29) is 24.7 Å². The summed E-state index contributed by atoms with van der Waals surface area (Å²) >= 11 is 0. The number of nitrogens with one attached hydrogen (secondary N) is 3. The van der Waals surface area contributed by atoms with Crippen LogP contribution in [0.5, 0.6) is 11.5 Å². The van der Waals surface area contributed by atoms with Crippen molar-refractivity contribution in [2.75, 3.05) is 64.9 Å². The van der Waals surface area contributed by atoms with Gasteiger partial charge in [0.1, 0.15) is 11.4 Å². The number of fused-ring (bicyclic) bond motifs is 1. The summed E-state index contributed by atoms with van der Waals surface area (Å²) in [6, 6.07) is 9.04. The van der Waals surface area contributed by atoms with Crippen LogP contribution in [0.2, 0.25) is 0 Å². The molecule has 49 heavy (non-hydrogen) atoms. The van der Waals surface area contributed by atoms with E-state index in [1.165, 1.54) is 0 Å². The lowest BCUT2D eigenvalue weighted by Gasteiger charge is -2.35. The third-order valence-corrected chi connectivity index (χ3v) is 9.57. The molecule has 1 aromatic carbocycles. The van der Waals surface area contributed by atoms with Crippen molar-refractivity contribution in [3.8, 4) is 22.6 Å². The average molecular weight is 672 g/mol. The quantitative estimate of drug-likeness (QED) is 0.241. The van der Waals surface area contributed by atoms with Crippen LogP contribution in [0.15, 0.2) is 61.3 Å². The van der Waals surface area contributed by atoms with Gasteiger partial charge in [-0.1, -0.05) is 0 Å². The third kappa shape index (κ3) is 6.43. The topological polar surface area (TPSA) is 131 Å². The Labute approximate surface area is 285 Å². The molecule has 0 radical (unpaired) electrons. The minimum Gasteiger partial charge on any atom is -0.496 e. The summed E-state index contributed by atoms with van der Waals surface area (Å²) in [5, 5.41) is 2.37. The highest BCUT2D eigenvalue weighted by molar-refractivity contribution is 6.04. The van der Waals surface area contributed by atoms with Gasteiger partial charge in [-0.05, 0) is 54.3 Å². The van der Waals surface area contributed by atoms with Gasteiger partial charge in [-0.2, -0.15) is 0 Å². The maximum Gasteiger partial charge on any atom is 0.270 e. The Hall–Kier alpha value is -5.37. The zero-order chi connectivity index (χ0) is 33.9. The summed E-state index contributed by atoms with van der Waals surface area (Å²) in [4.78, 5) is 44.8. The number of halogens is 1. The van der Waals surface area contributed by atoms with Crippen LogP contribution >= 0.6 is 0 Å². The zero-order valence-electron chi connectivity index (χ0n) is 27.6. The number of aromatic amines is 1. The molecule has 13 nitrogen and oxygen atoms in total. The first-order valence-corrected chi connectivity index (χ1v) is 16.5. The number of piperazine rings is 1. The monoisotopic (exact) mass is 671 g/mol. The molecule has 0 bridgehead atoms. The third-order valence-electron chi connectivity index (χ3n) is 9.57. The molecule has 2 amide bonds. The molecular weight excluding hydrogens is 629 g/mol. The lowest BCUT2D eigenvalue weighted by Crippen LogP contribution is -2.49. The number of nitrogens with zero attached hydrogens (tertiary/aromatic N) is 6. The molecule has 2 fully saturated rings. The number of ether oxygens (including phenoxy) is 2. The summed E-state index contributed by atoms with van der Waals surface area (Å²) in [7, 11) is 3.20. The zero-order valence-corrected chi connectivity index (χ0v) is 27.6. The number of anilines is 1. The maximum absolute atomic E-state index is 16.7. The highest BCUT2D eigenvalue weighted by atomic mass is 19.1. The number of hydrazine groups is 2. The van der Waals surface area contributed by atoms with Crippen LogP contribution in [0, 0.1) is 5.82 Å². The van der Waals surface area contributed by atoms with Crippen molar-refractivity contribution in [1.82, 2.24) is 40.7 Å². The van der Waals surface area contributed by atoms with Gasteiger partial charge in [0.25, 0.3) is 5.91 Å². The van der Waals surface area contributed by atoms with E-state index >= 15 is 4.39 Å². The fraction of sp³-hybridized carbons (Fsp3) is 0.371. The Kier molecular flexibility index (Phi) is 9.20. The van der Waals surface area contributed by atoms with E-state index in [0.717, 1.165) is 18.7 Å². The van der Waals surface area contributed by atoms with Crippen LogP contribution in [0.1, 0.15) is 42.7 Å². The molecule has 3 N–H and O–H groups in total. The minimum atomic E-state index is -0.412. The number of piperidine rings is 1. The maximum atomic E-state index is 16.7. The van der Waals surface area contributed by atoms with Crippen molar-refractivity contribution in [1.29, 1.82) is 0 Å². The number of carbonyl (C=O) groups excluding carboxylic acids is 2. The summed E-state index contributed by atoms with van der Waals surface area (Å²) in [5.41, 5.74) is 8.27. The molecule has 3 aliphatic heterocycles. The molecule has 2 saturated heterocycles. The van der Waals surface area contributed by atoms with Crippen LogP contribution in [0.4, 0.5) is 10.2 Å². The number of amides is 2. The Morgan fingerprint density at radius 1 is 1.02 bits per heavy atom. The molecule has 258 valence electrons. The smallest absolute Gasteiger partial charge is 0.270 e. The Morgan fingerprint density at radius 3 is 2.63 bits per heavy atom. The number of pyridine rings is 2. The van der Waals surface area contributed by atoms with Gasteiger partial charge in [0.05, 0.1) is 19.7 Å². The fourth-order valence-corrected chi connectivity index (χ4v) is 7.00. The lowest BCUT2D eigenvalue weighted by atomic mass is 9.87. The van der Waals surface area contributed by atoms with Gasteiger partial charge < -0.3 is 34.6 Å². The number of likely N-dealkylation sites (tertiary alicyclic amines) is 1. The van der Waals surface area contributed by atoms with Gasteiger partial charge in [0.2, 0.25) is 5.91 Å². The van der Waals surface area contributed by atoms with Crippen molar-refractivity contribution >= 4 is 28.5 Å². The number of benzene rings is 1. The van der Waals surface area contributed by atoms with Gasteiger partial charge >= 0.3 is 0 Å². The number of aromatic nitrogens is 3. The normalized spacial score (nSPS) is 17.8. The second kappa shape index (κ2) is 14.0. The van der Waals surface area contributed by atoms with Crippen LogP contribution in [0.3, 0.4) is 0 Å². The Bertz CT molecular complexity index is 1880. The fourth-order valence-electron chi connectivity index (χ4n) is 7.00. The van der Waals surface area contributed by atoms with Crippen LogP contribution in [-0.2, 0) is 4.79 Å². The number of H-pyrrole nitrogens is 1. The molecule has 0 spiro atoms. The highest BCUT2D eigenvalue weighted by Gasteiger charge is 2.31. The standard InChI is InChI=1S/C35H40FN9O4.H2/c1-48-29-7-10-37-21-27(29)25-19-24(23-5-4-12-44(22-23)31(46)8-13-45-14-11-39-41-45)32(36)33-26(25)20-28(40-33)35(47)43-17-15-42(16-18-43)34-30(49-2)6-3-9-38-34;/h3,6-7,9-11,14,19-21,23,39-41H,4-5,8,12-13,15-18,22H2,1-2H3;1H. The van der Waals surface area contributed by atoms with E-state index in [1.54, 1.807) is 56.0 Å². The molecule has 6 heterocycles. The van der Waals surface area contributed by atoms with Gasteiger partial charge in [0.15, 0.2) is 17.4 Å². The van der Waals surface area contributed by atoms with E-state index in [0.29, 0.717) is 91.5 Å². The predicted octanol–water partition coefficient (Wildman–Crippen LogP) is 3.88. The molecular formula is C35H42FN9O4. The molecule has 3 aliphatic rings. The lowest BCUT2D eigenvalue weighted by molar-refractivity contribution is -0.132. The minimum absolute atomic E-state index is 0. The van der Waals surface area contributed by atoms with E-state index < -0.39 is 5.82 Å². The number of carbonyl (C=O) groups is 2. The summed E-state index contributed by atoms with van der Waals surface area (Å²) in [6.45, 7) is 3.65. The molecule has 14 heteroatoms. The van der Waals surface area contributed by atoms with Crippen molar-refractivity contribution in [3.63, 3.8) is 0 Å². The second-order valence-electron chi connectivity index (χ2n) is 12.4. The molecule has 7 rings (SSSR count). The summed E-state index contributed by atoms with van der Waals surface area (Å²) < 4.78 is 27.9. The number of rotatable bonds is 9. The van der Waals surface area contributed by atoms with E-state index in [1.807, 2.05) is 34.3 Å². The Morgan fingerprint density at radius 2 is 1.86 bits per heavy atom. The molecule has 1 unspecified atom stereocenters. The predicted molar refractivity (Wildman–Crippen MR) is 184 cm³/mol. The molecule has 4 aromatic rings. The summed E-state index contributed by atoms with van der Waals surface area (Å²) in [6.07, 6.45) is 10.5. The first-order valence-electron chi connectivity index (χ1n) is 16.5.